The number of rotatable bonds is 5. The normalized spacial score (nSPS) is 9.67. The lowest BCUT2D eigenvalue weighted by atomic mass is 10.1. The SMILES string of the molecule is C=CCNC(=O)CCc1ccccc1F. The van der Waals surface area contributed by atoms with Gasteiger partial charge >= 0.3 is 0 Å². The summed E-state index contributed by atoms with van der Waals surface area (Å²) < 4.78 is 13.1. The van der Waals surface area contributed by atoms with Crippen LogP contribution in [0.3, 0.4) is 0 Å². The first-order valence-corrected chi connectivity index (χ1v) is 4.85. The lowest BCUT2D eigenvalue weighted by molar-refractivity contribution is -0.120. The number of amides is 1. The molecule has 0 aromatic heterocycles. The van der Waals surface area contributed by atoms with Crippen molar-refractivity contribution in [2.45, 2.75) is 12.8 Å². The van der Waals surface area contributed by atoms with Crippen molar-refractivity contribution in [2.24, 2.45) is 0 Å². The van der Waals surface area contributed by atoms with E-state index in [1.54, 1.807) is 24.3 Å². The van der Waals surface area contributed by atoms with Crippen LogP contribution in [-0.2, 0) is 11.2 Å². The second kappa shape index (κ2) is 5.96. The fourth-order valence-electron chi connectivity index (χ4n) is 1.22. The molecule has 1 rings (SSSR count). The van der Waals surface area contributed by atoms with Crippen LogP contribution in [0.5, 0.6) is 0 Å². The molecule has 15 heavy (non-hydrogen) atoms. The molecule has 1 N–H and O–H groups in total. The molecule has 3 heteroatoms. The maximum Gasteiger partial charge on any atom is 0.220 e. The van der Waals surface area contributed by atoms with E-state index in [4.69, 9.17) is 0 Å². The molecule has 0 heterocycles. The highest BCUT2D eigenvalue weighted by Crippen LogP contribution is 2.08. The molecule has 0 unspecified atom stereocenters. The Bertz CT molecular complexity index is 349. The van der Waals surface area contributed by atoms with Crippen LogP contribution in [-0.4, -0.2) is 12.5 Å². The van der Waals surface area contributed by atoms with Gasteiger partial charge in [0.05, 0.1) is 0 Å². The molecule has 1 aromatic rings. The van der Waals surface area contributed by atoms with Gasteiger partial charge in [-0.05, 0) is 18.1 Å². The number of aryl methyl sites for hydroxylation is 1. The van der Waals surface area contributed by atoms with Gasteiger partial charge in [0.1, 0.15) is 5.82 Å². The molecule has 2 nitrogen and oxygen atoms in total. The first-order chi connectivity index (χ1) is 7.24. The van der Waals surface area contributed by atoms with Crippen LogP contribution < -0.4 is 5.32 Å². The third kappa shape index (κ3) is 3.94. The summed E-state index contributed by atoms with van der Waals surface area (Å²) in [5.74, 6) is -0.341. The summed E-state index contributed by atoms with van der Waals surface area (Å²) in [6, 6.07) is 6.49. The quantitative estimate of drug-likeness (QED) is 0.736. The maximum atomic E-state index is 13.1. The molecule has 0 aliphatic carbocycles. The van der Waals surface area contributed by atoms with Gasteiger partial charge in [0.2, 0.25) is 5.91 Å². The van der Waals surface area contributed by atoms with Gasteiger partial charge in [0, 0.05) is 13.0 Å². The highest BCUT2D eigenvalue weighted by Gasteiger charge is 2.04. The van der Waals surface area contributed by atoms with Crippen LogP contribution in [0.15, 0.2) is 36.9 Å². The van der Waals surface area contributed by atoms with Crippen LogP contribution in [0.1, 0.15) is 12.0 Å². The molecule has 0 saturated heterocycles. The average Bonchev–Trinajstić information content (AvgIpc) is 2.25. The van der Waals surface area contributed by atoms with Gasteiger partial charge < -0.3 is 5.32 Å². The summed E-state index contributed by atoms with van der Waals surface area (Å²) >= 11 is 0. The van der Waals surface area contributed by atoms with Crippen molar-refractivity contribution >= 4 is 5.91 Å². The lowest BCUT2D eigenvalue weighted by Gasteiger charge is -2.03. The summed E-state index contributed by atoms with van der Waals surface area (Å²) in [6.07, 6.45) is 2.34. The zero-order valence-corrected chi connectivity index (χ0v) is 8.50. The van der Waals surface area contributed by atoms with Crippen molar-refractivity contribution < 1.29 is 9.18 Å². The van der Waals surface area contributed by atoms with E-state index in [-0.39, 0.29) is 11.7 Å². The van der Waals surface area contributed by atoms with Crippen LogP contribution in [0.25, 0.3) is 0 Å². The molecule has 0 saturated carbocycles. The molecule has 1 amide bonds. The van der Waals surface area contributed by atoms with E-state index in [2.05, 4.69) is 11.9 Å². The molecule has 80 valence electrons. The van der Waals surface area contributed by atoms with Crippen molar-refractivity contribution in [3.63, 3.8) is 0 Å². The number of benzene rings is 1. The Kier molecular flexibility index (Phi) is 4.54. The Morgan fingerprint density at radius 2 is 2.20 bits per heavy atom. The van der Waals surface area contributed by atoms with E-state index in [9.17, 15) is 9.18 Å². The number of hydrogen-bond acceptors (Lipinski definition) is 1. The third-order valence-corrected chi connectivity index (χ3v) is 2.02. The predicted molar refractivity (Wildman–Crippen MR) is 57.9 cm³/mol. The van der Waals surface area contributed by atoms with Gasteiger partial charge in [0.15, 0.2) is 0 Å². The van der Waals surface area contributed by atoms with Crippen molar-refractivity contribution in [2.75, 3.05) is 6.54 Å². The van der Waals surface area contributed by atoms with Crippen molar-refractivity contribution in [3.8, 4) is 0 Å². The average molecular weight is 207 g/mol. The largest absolute Gasteiger partial charge is 0.353 e. The number of nitrogens with one attached hydrogen (secondary N) is 1. The molecule has 0 spiro atoms. The minimum Gasteiger partial charge on any atom is -0.353 e. The second-order valence-corrected chi connectivity index (χ2v) is 3.18. The molecule has 0 aliphatic rings. The molecule has 0 atom stereocenters. The van der Waals surface area contributed by atoms with Crippen LogP contribution in [0.2, 0.25) is 0 Å². The minimum absolute atomic E-state index is 0.0850. The van der Waals surface area contributed by atoms with Gasteiger partial charge in [-0.2, -0.15) is 0 Å². The fourth-order valence-corrected chi connectivity index (χ4v) is 1.22. The van der Waals surface area contributed by atoms with Gasteiger partial charge in [-0.3, -0.25) is 4.79 Å². The van der Waals surface area contributed by atoms with Crippen LogP contribution >= 0.6 is 0 Å². The number of halogens is 1. The Morgan fingerprint density at radius 3 is 2.87 bits per heavy atom. The first kappa shape index (κ1) is 11.4. The van der Waals surface area contributed by atoms with E-state index in [0.717, 1.165) is 0 Å². The Morgan fingerprint density at radius 1 is 1.47 bits per heavy atom. The summed E-state index contributed by atoms with van der Waals surface area (Å²) in [6.45, 7) is 3.94. The minimum atomic E-state index is -0.256. The molecule has 0 aliphatic heterocycles. The van der Waals surface area contributed by atoms with Crippen molar-refractivity contribution in [1.82, 2.24) is 5.32 Å². The molecule has 0 bridgehead atoms. The molecular formula is C12H14FNO. The topological polar surface area (TPSA) is 29.1 Å². The van der Waals surface area contributed by atoms with Crippen molar-refractivity contribution in [3.05, 3.63) is 48.3 Å². The fraction of sp³-hybridized carbons (Fsp3) is 0.250. The predicted octanol–water partition coefficient (Wildman–Crippen LogP) is 2.06. The smallest absolute Gasteiger partial charge is 0.220 e. The van der Waals surface area contributed by atoms with Gasteiger partial charge in [0.25, 0.3) is 0 Å². The monoisotopic (exact) mass is 207 g/mol. The summed E-state index contributed by atoms with van der Waals surface area (Å²) in [5, 5.41) is 2.64. The number of carbonyl (C=O) groups is 1. The highest BCUT2D eigenvalue weighted by molar-refractivity contribution is 5.76. The summed E-state index contributed by atoms with van der Waals surface area (Å²) in [5.41, 5.74) is 0.575. The van der Waals surface area contributed by atoms with Crippen molar-refractivity contribution in [1.29, 1.82) is 0 Å². The van der Waals surface area contributed by atoms with Gasteiger partial charge in [-0.1, -0.05) is 24.3 Å². The maximum absolute atomic E-state index is 13.1. The van der Waals surface area contributed by atoms with Gasteiger partial charge in [-0.25, -0.2) is 4.39 Å². The van der Waals surface area contributed by atoms with E-state index in [0.29, 0.717) is 24.9 Å². The first-order valence-electron chi connectivity index (χ1n) is 4.85. The second-order valence-electron chi connectivity index (χ2n) is 3.18. The van der Waals surface area contributed by atoms with Crippen LogP contribution in [0, 0.1) is 5.82 Å². The lowest BCUT2D eigenvalue weighted by Crippen LogP contribution is -2.23. The standard InChI is InChI=1S/C12H14FNO/c1-2-9-14-12(15)8-7-10-5-3-4-6-11(10)13/h2-6H,1,7-9H2,(H,14,15). The van der Waals surface area contributed by atoms with E-state index in [1.807, 2.05) is 0 Å². The third-order valence-electron chi connectivity index (χ3n) is 2.02. The zero-order valence-electron chi connectivity index (χ0n) is 8.50. The number of hydrogen-bond donors (Lipinski definition) is 1. The molecular weight excluding hydrogens is 193 g/mol. The Balaban J connectivity index is 2.40. The Hall–Kier alpha value is -1.64. The summed E-state index contributed by atoms with van der Waals surface area (Å²) in [7, 11) is 0. The molecule has 0 fully saturated rings. The van der Waals surface area contributed by atoms with Gasteiger partial charge in [-0.15, -0.1) is 6.58 Å². The highest BCUT2D eigenvalue weighted by atomic mass is 19.1. The zero-order chi connectivity index (χ0) is 11.1. The Labute approximate surface area is 88.8 Å². The number of carbonyl (C=O) groups excluding carboxylic acids is 1. The molecule has 1 aromatic carbocycles. The van der Waals surface area contributed by atoms with E-state index >= 15 is 0 Å². The van der Waals surface area contributed by atoms with E-state index < -0.39 is 0 Å². The molecule has 0 radical (unpaired) electrons. The summed E-state index contributed by atoms with van der Waals surface area (Å²) in [4.78, 5) is 11.2. The van der Waals surface area contributed by atoms with Crippen LogP contribution in [0.4, 0.5) is 4.39 Å². The van der Waals surface area contributed by atoms with E-state index in [1.165, 1.54) is 6.07 Å².